The van der Waals surface area contributed by atoms with Gasteiger partial charge < -0.3 is 34.1 Å². The van der Waals surface area contributed by atoms with E-state index < -0.39 is 0 Å². The molecule has 2 atom stereocenters. The van der Waals surface area contributed by atoms with Crippen molar-refractivity contribution in [3.8, 4) is 5.75 Å². The number of anilines is 1. The quantitative estimate of drug-likeness (QED) is 0.0840. The van der Waals surface area contributed by atoms with E-state index in [0.717, 1.165) is 61.2 Å². The highest BCUT2D eigenvalue weighted by molar-refractivity contribution is 5.72. The van der Waals surface area contributed by atoms with Crippen LogP contribution >= 0.6 is 0 Å². The number of fused-ring (bicyclic) bond motifs is 1. The molecule has 3 N–H and O–H groups in total. The molecule has 5 rings (SSSR count). The number of nitrogens with zero attached hydrogens (tertiary/aromatic N) is 3. The molecule has 2 amide bonds. The van der Waals surface area contributed by atoms with Crippen molar-refractivity contribution >= 4 is 17.7 Å². The molecule has 0 aromatic heterocycles. The van der Waals surface area contributed by atoms with Gasteiger partial charge in [0.2, 0.25) is 5.91 Å². The molecule has 13 heteroatoms. The first-order valence-corrected chi connectivity index (χ1v) is 19.2. The van der Waals surface area contributed by atoms with Gasteiger partial charge >= 0.3 is 6.09 Å². The SMILES string of the molecule is CC(=O)NCCN1CCCc2ccc(COC3CN(C(=O)OCCCCCON(O)O)CCC3c3ccc(OCCCOCc4ccccc4)cc3)cc21. The van der Waals surface area contributed by atoms with Gasteiger partial charge in [0.15, 0.2) is 0 Å². The van der Waals surface area contributed by atoms with E-state index in [2.05, 4.69) is 57.5 Å². The largest absolute Gasteiger partial charge is 0.494 e. The molecule has 0 aliphatic carbocycles. The van der Waals surface area contributed by atoms with Crippen LogP contribution in [-0.2, 0) is 43.5 Å². The summed E-state index contributed by atoms with van der Waals surface area (Å²) in [5.74, 6) is 0.842. The van der Waals surface area contributed by atoms with Crippen molar-refractivity contribution in [3.63, 3.8) is 0 Å². The molecule has 13 nitrogen and oxygen atoms in total. The lowest BCUT2D eigenvalue weighted by Gasteiger charge is -2.38. The van der Waals surface area contributed by atoms with E-state index in [0.29, 0.717) is 65.3 Å². The minimum absolute atomic E-state index is 0.0267. The zero-order valence-electron chi connectivity index (χ0n) is 31.4. The van der Waals surface area contributed by atoms with Crippen LogP contribution in [0.25, 0.3) is 0 Å². The van der Waals surface area contributed by atoms with Crippen molar-refractivity contribution in [3.05, 3.63) is 95.1 Å². The number of carbonyl (C=O) groups is 2. The number of benzene rings is 3. The van der Waals surface area contributed by atoms with Crippen LogP contribution in [0.1, 0.15) is 73.6 Å². The van der Waals surface area contributed by atoms with Crippen LogP contribution < -0.4 is 15.0 Å². The van der Waals surface area contributed by atoms with Crippen LogP contribution in [0.5, 0.6) is 5.75 Å². The van der Waals surface area contributed by atoms with Gasteiger partial charge in [0.05, 0.1) is 57.7 Å². The predicted molar refractivity (Wildman–Crippen MR) is 202 cm³/mol. The zero-order valence-corrected chi connectivity index (χ0v) is 31.4. The third kappa shape index (κ3) is 13.6. The molecule has 1 fully saturated rings. The molecule has 3 aromatic rings. The maximum absolute atomic E-state index is 13.1. The van der Waals surface area contributed by atoms with Crippen molar-refractivity contribution in [1.29, 1.82) is 0 Å². The summed E-state index contributed by atoms with van der Waals surface area (Å²) in [6.45, 7) is 7.35. The van der Waals surface area contributed by atoms with E-state index in [-0.39, 0.29) is 42.6 Å². The molecular formula is C41H56N4O9. The second-order valence-corrected chi connectivity index (χ2v) is 13.8. The van der Waals surface area contributed by atoms with Crippen molar-refractivity contribution < 1.29 is 43.8 Å². The summed E-state index contributed by atoms with van der Waals surface area (Å²) in [4.78, 5) is 33.2. The van der Waals surface area contributed by atoms with Crippen molar-refractivity contribution in [2.75, 3.05) is 64.1 Å². The minimum atomic E-state index is -0.365. The van der Waals surface area contributed by atoms with Crippen molar-refractivity contribution in [1.82, 2.24) is 15.6 Å². The first-order valence-electron chi connectivity index (χ1n) is 19.2. The number of unbranched alkanes of at least 4 members (excludes halogenated alkanes) is 2. The summed E-state index contributed by atoms with van der Waals surface area (Å²) >= 11 is 0. The van der Waals surface area contributed by atoms with Gasteiger partial charge in [-0.05, 0) is 79.0 Å². The molecule has 1 saturated heterocycles. The van der Waals surface area contributed by atoms with Crippen molar-refractivity contribution in [2.24, 2.45) is 0 Å². The molecule has 3 aromatic carbocycles. The fraction of sp³-hybridized carbons (Fsp3) is 0.512. The lowest BCUT2D eigenvalue weighted by Crippen LogP contribution is -2.47. The molecule has 2 unspecified atom stereocenters. The number of piperidine rings is 1. The molecule has 0 saturated carbocycles. The van der Waals surface area contributed by atoms with Gasteiger partial charge in [-0.3, -0.25) is 20.0 Å². The maximum atomic E-state index is 13.1. The van der Waals surface area contributed by atoms with E-state index in [1.165, 1.54) is 18.2 Å². The third-order valence-electron chi connectivity index (χ3n) is 9.74. The second kappa shape index (κ2) is 22.2. The van der Waals surface area contributed by atoms with Crippen LogP contribution in [0.2, 0.25) is 0 Å². The zero-order chi connectivity index (χ0) is 38.0. The average Bonchev–Trinajstić information content (AvgIpc) is 3.18. The maximum Gasteiger partial charge on any atom is 0.409 e. The standard InChI is InChI=1S/C41H56N4O9/c1-32(46)42-20-23-43-21-8-12-36-14-13-34(28-39(36)43)31-53-40-29-44(41(47)52-25-6-3-7-27-54-45(48)49)22-19-38(40)35-15-17-37(18-16-35)51-26-9-24-50-30-33-10-4-2-5-11-33/h2,4-5,10-11,13-18,28,38,40,48-49H,3,6-9,12,19-27,29-31H2,1H3,(H,42,46). The summed E-state index contributed by atoms with van der Waals surface area (Å²) in [7, 11) is 0. The highest BCUT2D eigenvalue weighted by Gasteiger charge is 2.34. The Morgan fingerprint density at radius 3 is 2.48 bits per heavy atom. The molecule has 294 valence electrons. The Morgan fingerprint density at radius 2 is 1.69 bits per heavy atom. The summed E-state index contributed by atoms with van der Waals surface area (Å²) in [6.07, 6.45) is 4.92. The van der Waals surface area contributed by atoms with Gasteiger partial charge in [0, 0.05) is 51.1 Å². The Labute approximate surface area is 318 Å². The molecule has 54 heavy (non-hydrogen) atoms. The van der Waals surface area contributed by atoms with Crippen LogP contribution in [0.4, 0.5) is 10.5 Å². The number of carbonyl (C=O) groups excluding carboxylic acids is 2. The Kier molecular flexibility index (Phi) is 16.8. The molecule has 2 aliphatic rings. The first kappa shape index (κ1) is 40.9. The Bertz CT molecular complexity index is 1560. The topological polar surface area (TPSA) is 142 Å². The normalized spacial score (nSPS) is 17.0. The van der Waals surface area contributed by atoms with Gasteiger partial charge in [0.1, 0.15) is 5.75 Å². The Morgan fingerprint density at radius 1 is 0.870 bits per heavy atom. The number of amides is 2. The number of rotatable bonds is 21. The monoisotopic (exact) mass is 748 g/mol. The van der Waals surface area contributed by atoms with Crippen LogP contribution in [0.3, 0.4) is 0 Å². The predicted octanol–water partition coefficient (Wildman–Crippen LogP) is 6.25. The number of ether oxygens (including phenoxy) is 4. The second-order valence-electron chi connectivity index (χ2n) is 13.8. The number of hydrogen-bond acceptors (Lipinski definition) is 11. The molecule has 0 radical (unpaired) electrons. The van der Waals surface area contributed by atoms with Gasteiger partial charge in [-0.1, -0.05) is 54.6 Å². The number of hydrogen-bond donors (Lipinski definition) is 3. The minimum Gasteiger partial charge on any atom is -0.494 e. The van der Waals surface area contributed by atoms with Gasteiger partial charge in [-0.2, -0.15) is 0 Å². The number of nitrogens with one attached hydrogen (secondary N) is 1. The summed E-state index contributed by atoms with van der Waals surface area (Å²) < 4.78 is 24.1. The smallest absolute Gasteiger partial charge is 0.409 e. The van der Waals surface area contributed by atoms with E-state index in [4.69, 9.17) is 29.4 Å². The summed E-state index contributed by atoms with van der Waals surface area (Å²) in [5, 5.41) is 19.9. The highest BCUT2D eigenvalue weighted by Crippen LogP contribution is 2.34. The van der Waals surface area contributed by atoms with E-state index >= 15 is 0 Å². The number of aryl methyl sites for hydroxylation is 1. The molecule has 2 heterocycles. The average molecular weight is 749 g/mol. The van der Waals surface area contributed by atoms with Gasteiger partial charge in [-0.15, -0.1) is 0 Å². The molecular weight excluding hydrogens is 692 g/mol. The lowest BCUT2D eigenvalue weighted by molar-refractivity contribution is -0.492. The van der Waals surface area contributed by atoms with Crippen LogP contribution in [0.15, 0.2) is 72.8 Å². The highest BCUT2D eigenvalue weighted by atomic mass is 17.1. The van der Waals surface area contributed by atoms with Crippen LogP contribution in [-0.4, -0.2) is 98.0 Å². The van der Waals surface area contributed by atoms with Crippen LogP contribution in [0, 0.1) is 0 Å². The van der Waals surface area contributed by atoms with E-state index in [1.54, 1.807) is 4.90 Å². The fourth-order valence-corrected chi connectivity index (χ4v) is 6.93. The fourth-order valence-electron chi connectivity index (χ4n) is 6.93. The van der Waals surface area contributed by atoms with E-state index in [9.17, 15) is 9.59 Å². The third-order valence-corrected chi connectivity index (χ3v) is 9.74. The molecule has 0 spiro atoms. The first-order chi connectivity index (χ1) is 26.4. The molecule has 2 aliphatic heterocycles. The summed E-state index contributed by atoms with van der Waals surface area (Å²) in [5.41, 5.74) is 5.84. The van der Waals surface area contributed by atoms with Gasteiger partial charge in [0.25, 0.3) is 0 Å². The Hall–Kier alpha value is -4.24. The van der Waals surface area contributed by atoms with Gasteiger partial charge in [-0.25, -0.2) is 4.79 Å². The Balaban J connectivity index is 1.17. The molecule has 0 bridgehead atoms. The summed E-state index contributed by atoms with van der Waals surface area (Å²) in [6, 6.07) is 24.8. The van der Waals surface area contributed by atoms with E-state index in [1.807, 2.05) is 30.3 Å². The lowest BCUT2D eigenvalue weighted by atomic mass is 9.87. The number of likely N-dealkylation sites (tertiary alicyclic amines) is 1. The van der Waals surface area contributed by atoms with Crippen molar-refractivity contribution in [2.45, 2.75) is 77.1 Å².